The van der Waals surface area contributed by atoms with Gasteiger partial charge in [0.05, 0.1) is 6.54 Å². The lowest BCUT2D eigenvalue weighted by Gasteiger charge is -2.29. The van der Waals surface area contributed by atoms with Gasteiger partial charge in [-0.25, -0.2) is 4.79 Å². The molecule has 0 bridgehead atoms. The molecule has 2 aliphatic rings. The molecule has 3 rings (SSSR count). The van der Waals surface area contributed by atoms with Gasteiger partial charge in [-0.1, -0.05) is 24.2 Å². The summed E-state index contributed by atoms with van der Waals surface area (Å²) in [5.41, 5.74) is 1.99. The van der Waals surface area contributed by atoms with Crippen molar-refractivity contribution >= 4 is 29.2 Å². The number of rotatable bonds is 2. The normalized spacial score (nSPS) is 24.7. The number of halogens is 1. The lowest BCUT2D eigenvalue weighted by atomic mass is 10.0. The summed E-state index contributed by atoms with van der Waals surface area (Å²) in [7, 11) is 0. The molecule has 1 aromatic rings. The van der Waals surface area contributed by atoms with Gasteiger partial charge in [0.1, 0.15) is 5.54 Å². The highest BCUT2D eigenvalue weighted by Crippen LogP contribution is 2.34. The topological polar surface area (TPSA) is 61.4 Å². The number of hydrogen-bond donors (Lipinski definition) is 2. The zero-order chi connectivity index (χ0) is 14.5. The molecule has 3 amide bonds. The molecular weight excluding hydrogens is 278 g/mol. The maximum atomic E-state index is 11.9. The quantitative estimate of drug-likeness (QED) is 0.816. The molecule has 0 saturated carbocycles. The zero-order valence-corrected chi connectivity index (χ0v) is 11.8. The molecule has 2 aliphatic heterocycles. The van der Waals surface area contributed by atoms with Crippen LogP contribution < -0.4 is 10.6 Å². The Morgan fingerprint density at radius 1 is 1.45 bits per heavy atom. The Morgan fingerprint density at radius 3 is 2.85 bits per heavy atom. The second-order valence-corrected chi connectivity index (χ2v) is 5.78. The van der Waals surface area contributed by atoms with Crippen LogP contribution in [0.2, 0.25) is 5.02 Å². The van der Waals surface area contributed by atoms with E-state index in [0.29, 0.717) is 18.1 Å². The summed E-state index contributed by atoms with van der Waals surface area (Å²) in [6, 6.07) is 5.21. The molecule has 1 atom stereocenters. The Bertz CT molecular complexity index is 643. The SMILES string of the molecule is C=C1c2cc(Cl)ccc2CN1CC1(C)NC(=O)NC1=O. The molecule has 6 heteroatoms. The number of nitrogens with one attached hydrogen (secondary N) is 2. The molecule has 0 radical (unpaired) electrons. The Morgan fingerprint density at radius 2 is 2.20 bits per heavy atom. The molecular formula is C14H14ClN3O2. The van der Waals surface area contributed by atoms with Crippen molar-refractivity contribution in [3.8, 4) is 0 Å². The van der Waals surface area contributed by atoms with Crippen LogP contribution in [-0.4, -0.2) is 28.9 Å². The van der Waals surface area contributed by atoms with Crippen molar-refractivity contribution in [1.82, 2.24) is 15.5 Å². The molecule has 0 aliphatic carbocycles. The first-order valence-corrected chi connectivity index (χ1v) is 6.63. The van der Waals surface area contributed by atoms with Gasteiger partial charge in [0, 0.05) is 22.8 Å². The number of benzene rings is 1. The minimum absolute atomic E-state index is 0.315. The summed E-state index contributed by atoms with van der Waals surface area (Å²) in [6.07, 6.45) is 0. The molecule has 1 saturated heterocycles. The molecule has 5 nitrogen and oxygen atoms in total. The molecule has 104 valence electrons. The molecule has 2 heterocycles. The van der Waals surface area contributed by atoms with Gasteiger partial charge in [0.2, 0.25) is 0 Å². The first kappa shape index (κ1) is 13.0. The van der Waals surface area contributed by atoms with E-state index in [9.17, 15) is 9.59 Å². The average Bonchev–Trinajstić information content (AvgIpc) is 2.79. The Labute approximate surface area is 121 Å². The number of nitrogens with zero attached hydrogens (tertiary/aromatic N) is 1. The highest BCUT2D eigenvalue weighted by Gasteiger charge is 2.44. The van der Waals surface area contributed by atoms with Gasteiger partial charge in [-0.15, -0.1) is 0 Å². The van der Waals surface area contributed by atoms with Crippen molar-refractivity contribution in [2.24, 2.45) is 0 Å². The van der Waals surface area contributed by atoms with Crippen LogP contribution in [0.3, 0.4) is 0 Å². The molecule has 1 unspecified atom stereocenters. The molecule has 20 heavy (non-hydrogen) atoms. The van der Waals surface area contributed by atoms with Crippen LogP contribution in [0.15, 0.2) is 24.8 Å². The van der Waals surface area contributed by atoms with Gasteiger partial charge in [0.25, 0.3) is 5.91 Å². The van der Waals surface area contributed by atoms with Crippen molar-refractivity contribution in [2.45, 2.75) is 19.0 Å². The highest BCUT2D eigenvalue weighted by molar-refractivity contribution is 6.30. The van der Waals surface area contributed by atoms with Crippen molar-refractivity contribution in [3.63, 3.8) is 0 Å². The van der Waals surface area contributed by atoms with Crippen molar-refractivity contribution in [1.29, 1.82) is 0 Å². The standard InChI is InChI=1S/C14H14ClN3O2/c1-8-11-5-10(15)4-3-9(11)6-18(8)7-14(2)12(19)16-13(20)17-14/h3-5H,1,6-7H2,2H3,(H2,16,17,19,20). The van der Waals surface area contributed by atoms with Crippen molar-refractivity contribution in [2.75, 3.05) is 6.54 Å². The smallest absolute Gasteiger partial charge is 0.322 e. The largest absolute Gasteiger partial charge is 0.364 e. The van der Waals surface area contributed by atoms with Crippen molar-refractivity contribution < 1.29 is 9.59 Å². The van der Waals surface area contributed by atoms with Gasteiger partial charge >= 0.3 is 6.03 Å². The Balaban J connectivity index is 1.83. The summed E-state index contributed by atoms with van der Waals surface area (Å²) in [5, 5.41) is 5.57. The summed E-state index contributed by atoms with van der Waals surface area (Å²) >= 11 is 6.00. The molecule has 0 aromatic heterocycles. The predicted octanol–water partition coefficient (Wildman–Crippen LogP) is 1.72. The number of imide groups is 1. The molecule has 1 fully saturated rings. The summed E-state index contributed by atoms with van der Waals surface area (Å²) in [4.78, 5) is 25.1. The highest BCUT2D eigenvalue weighted by atomic mass is 35.5. The summed E-state index contributed by atoms with van der Waals surface area (Å²) in [5.74, 6) is -0.315. The van der Waals surface area contributed by atoms with E-state index in [-0.39, 0.29) is 5.91 Å². The Kier molecular flexibility index (Phi) is 2.76. The van der Waals surface area contributed by atoms with E-state index >= 15 is 0 Å². The lowest BCUT2D eigenvalue weighted by molar-refractivity contribution is -0.123. The monoisotopic (exact) mass is 291 g/mol. The minimum atomic E-state index is -0.939. The summed E-state index contributed by atoms with van der Waals surface area (Å²) in [6.45, 7) is 6.79. The number of hydrogen-bond acceptors (Lipinski definition) is 3. The van der Waals surface area contributed by atoms with E-state index < -0.39 is 11.6 Å². The number of carbonyl (C=O) groups is 2. The summed E-state index contributed by atoms with van der Waals surface area (Å²) < 4.78 is 0. The second-order valence-electron chi connectivity index (χ2n) is 5.34. The molecule has 0 spiro atoms. The number of amides is 3. The third-order valence-corrected chi connectivity index (χ3v) is 3.99. The minimum Gasteiger partial charge on any atom is -0.364 e. The van der Waals surface area contributed by atoms with Gasteiger partial charge in [-0.3, -0.25) is 10.1 Å². The third-order valence-electron chi connectivity index (χ3n) is 3.75. The number of fused-ring (bicyclic) bond motifs is 1. The maximum absolute atomic E-state index is 11.9. The van der Waals surface area contributed by atoms with E-state index in [1.54, 1.807) is 6.92 Å². The number of carbonyl (C=O) groups excluding carboxylic acids is 2. The molecule has 2 N–H and O–H groups in total. The first-order valence-electron chi connectivity index (χ1n) is 6.25. The average molecular weight is 292 g/mol. The fourth-order valence-electron chi connectivity index (χ4n) is 2.65. The fourth-order valence-corrected chi connectivity index (χ4v) is 2.82. The first-order chi connectivity index (χ1) is 9.39. The van der Waals surface area contributed by atoms with Crippen molar-refractivity contribution in [3.05, 3.63) is 40.9 Å². The lowest BCUT2D eigenvalue weighted by Crippen LogP contribution is -2.51. The van der Waals surface area contributed by atoms with Crippen LogP contribution in [0.25, 0.3) is 5.70 Å². The maximum Gasteiger partial charge on any atom is 0.322 e. The molecule has 1 aromatic carbocycles. The van der Waals surface area contributed by atoms with E-state index in [1.807, 2.05) is 23.1 Å². The van der Waals surface area contributed by atoms with Gasteiger partial charge in [0.15, 0.2) is 0 Å². The van der Waals surface area contributed by atoms with Crippen LogP contribution in [0.5, 0.6) is 0 Å². The number of urea groups is 1. The van der Waals surface area contributed by atoms with Crippen LogP contribution in [0.1, 0.15) is 18.1 Å². The Hall–Kier alpha value is -2.01. The van der Waals surface area contributed by atoms with Crippen LogP contribution in [-0.2, 0) is 11.3 Å². The van der Waals surface area contributed by atoms with Crippen LogP contribution in [0.4, 0.5) is 4.79 Å². The van der Waals surface area contributed by atoms with Crippen LogP contribution >= 0.6 is 11.6 Å². The van der Waals surface area contributed by atoms with Gasteiger partial charge in [-0.2, -0.15) is 0 Å². The third kappa shape index (κ3) is 1.94. The van der Waals surface area contributed by atoms with Gasteiger partial charge < -0.3 is 10.2 Å². The van der Waals surface area contributed by atoms with E-state index in [2.05, 4.69) is 17.2 Å². The van der Waals surface area contributed by atoms with E-state index in [1.165, 1.54) is 0 Å². The predicted molar refractivity (Wildman–Crippen MR) is 76.0 cm³/mol. The fraction of sp³-hybridized carbons (Fsp3) is 0.286. The van der Waals surface area contributed by atoms with E-state index in [0.717, 1.165) is 16.8 Å². The second kappa shape index (κ2) is 4.24. The van der Waals surface area contributed by atoms with Gasteiger partial charge in [-0.05, 0) is 24.6 Å². The zero-order valence-electron chi connectivity index (χ0n) is 11.0. The van der Waals surface area contributed by atoms with E-state index in [4.69, 9.17) is 11.6 Å². The van der Waals surface area contributed by atoms with Crippen LogP contribution in [0, 0.1) is 0 Å².